The van der Waals surface area contributed by atoms with Gasteiger partial charge in [-0.2, -0.15) is 4.99 Å². The van der Waals surface area contributed by atoms with E-state index >= 15 is 0 Å². The maximum absolute atomic E-state index is 12.1. The molecule has 10 heteroatoms. The topological polar surface area (TPSA) is 134 Å². The van der Waals surface area contributed by atoms with Crippen molar-refractivity contribution in [2.75, 3.05) is 26.1 Å². The van der Waals surface area contributed by atoms with Crippen LogP contribution in [0.1, 0.15) is 25.3 Å². The van der Waals surface area contributed by atoms with Crippen LogP contribution in [0.4, 0.5) is 0 Å². The summed E-state index contributed by atoms with van der Waals surface area (Å²) in [5.41, 5.74) is 13.0. The SMILES string of the molecule is CCS(=O)(=O)c1ccc(-c2ccc(CCC(=O)N=C(N)N)cc2OCCCOC)cc1.Cl. The van der Waals surface area contributed by atoms with Gasteiger partial charge in [0.05, 0.1) is 17.3 Å². The van der Waals surface area contributed by atoms with E-state index in [1.165, 1.54) is 0 Å². The third kappa shape index (κ3) is 8.14. The molecule has 0 saturated carbocycles. The number of benzene rings is 2. The van der Waals surface area contributed by atoms with Gasteiger partial charge in [-0.1, -0.05) is 31.2 Å². The predicted molar refractivity (Wildman–Crippen MR) is 128 cm³/mol. The van der Waals surface area contributed by atoms with Crippen molar-refractivity contribution in [2.24, 2.45) is 16.5 Å². The predicted octanol–water partition coefficient (Wildman–Crippen LogP) is 2.72. The number of halogens is 1. The molecular formula is C22H30ClN3O5S. The van der Waals surface area contributed by atoms with Gasteiger partial charge in [0.1, 0.15) is 5.75 Å². The molecule has 0 radical (unpaired) electrons. The Balaban J connectivity index is 0.00000512. The van der Waals surface area contributed by atoms with E-state index in [1.807, 2.05) is 18.2 Å². The largest absolute Gasteiger partial charge is 0.493 e. The highest BCUT2D eigenvalue weighted by Crippen LogP contribution is 2.32. The second-order valence-corrected chi connectivity index (χ2v) is 9.16. The van der Waals surface area contributed by atoms with Gasteiger partial charge in [-0.05, 0) is 35.7 Å². The zero-order valence-electron chi connectivity index (χ0n) is 18.2. The molecule has 2 aromatic carbocycles. The van der Waals surface area contributed by atoms with Crippen LogP contribution in [0.5, 0.6) is 5.75 Å². The maximum Gasteiger partial charge on any atom is 0.249 e. The van der Waals surface area contributed by atoms with E-state index in [2.05, 4.69) is 4.99 Å². The van der Waals surface area contributed by atoms with Crippen LogP contribution in [-0.2, 0) is 25.8 Å². The summed E-state index contributed by atoms with van der Waals surface area (Å²) in [6.07, 6.45) is 1.35. The van der Waals surface area contributed by atoms with Crippen molar-refractivity contribution in [2.45, 2.75) is 31.1 Å². The Labute approximate surface area is 195 Å². The van der Waals surface area contributed by atoms with E-state index in [4.69, 9.17) is 20.9 Å². The molecule has 0 saturated heterocycles. The molecule has 1 amide bonds. The van der Waals surface area contributed by atoms with Crippen LogP contribution in [0, 0.1) is 0 Å². The number of guanidine groups is 1. The Morgan fingerprint density at radius 3 is 2.34 bits per heavy atom. The second-order valence-electron chi connectivity index (χ2n) is 6.88. The van der Waals surface area contributed by atoms with E-state index in [-0.39, 0.29) is 41.3 Å². The highest BCUT2D eigenvalue weighted by Gasteiger charge is 2.13. The lowest BCUT2D eigenvalue weighted by atomic mass is 10.0. The van der Waals surface area contributed by atoms with Gasteiger partial charge in [0.15, 0.2) is 15.8 Å². The zero-order chi connectivity index (χ0) is 22.9. The van der Waals surface area contributed by atoms with Crippen molar-refractivity contribution >= 4 is 34.1 Å². The number of aryl methyl sites for hydroxylation is 1. The number of hydrogen-bond acceptors (Lipinski definition) is 5. The highest BCUT2D eigenvalue weighted by molar-refractivity contribution is 7.91. The van der Waals surface area contributed by atoms with Crippen molar-refractivity contribution in [1.29, 1.82) is 0 Å². The van der Waals surface area contributed by atoms with Crippen LogP contribution in [-0.4, -0.2) is 46.4 Å². The molecule has 0 aromatic heterocycles. The van der Waals surface area contributed by atoms with Crippen LogP contribution in [0.3, 0.4) is 0 Å². The molecule has 176 valence electrons. The van der Waals surface area contributed by atoms with E-state index < -0.39 is 9.84 Å². The Morgan fingerprint density at radius 1 is 1.06 bits per heavy atom. The smallest absolute Gasteiger partial charge is 0.249 e. The Morgan fingerprint density at radius 2 is 1.75 bits per heavy atom. The standard InChI is InChI=1S/C22H29N3O5S.ClH/c1-3-31(27,28)18-9-7-17(8-10-18)19-11-5-16(6-12-21(26)25-22(23)24)15-20(19)30-14-4-13-29-2;/h5,7-11,15H,3-4,6,12-14H2,1-2H3,(H4,23,24,25,26);1H. The molecule has 4 N–H and O–H groups in total. The minimum Gasteiger partial charge on any atom is -0.493 e. The molecule has 32 heavy (non-hydrogen) atoms. The van der Waals surface area contributed by atoms with Gasteiger partial charge < -0.3 is 20.9 Å². The lowest BCUT2D eigenvalue weighted by Gasteiger charge is -2.14. The number of methoxy groups -OCH3 is 1. The average Bonchev–Trinajstić information content (AvgIpc) is 2.75. The lowest BCUT2D eigenvalue weighted by molar-refractivity contribution is -0.117. The maximum atomic E-state index is 12.1. The summed E-state index contributed by atoms with van der Waals surface area (Å²) in [6, 6.07) is 12.4. The Kier molecular flexibility index (Phi) is 11.2. The number of rotatable bonds is 11. The fraction of sp³-hybridized carbons (Fsp3) is 0.364. The van der Waals surface area contributed by atoms with Gasteiger partial charge in [0.2, 0.25) is 5.91 Å². The number of aliphatic imine (C=N–C) groups is 1. The van der Waals surface area contributed by atoms with Crippen LogP contribution in [0.25, 0.3) is 11.1 Å². The van der Waals surface area contributed by atoms with Crippen LogP contribution in [0.2, 0.25) is 0 Å². The molecule has 8 nitrogen and oxygen atoms in total. The molecule has 2 rings (SSSR count). The van der Waals surface area contributed by atoms with Crippen molar-refractivity contribution in [3.8, 4) is 16.9 Å². The van der Waals surface area contributed by atoms with Crippen LogP contribution < -0.4 is 16.2 Å². The van der Waals surface area contributed by atoms with E-state index in [0.717, 1.165) is 23.1 Å². The molecule has 0 unspecified atom stereocenters. The summed E-state index contributed by atoms with van der Waals surface area (Å²) in [4.78, 5) is 15.6. The van der Waals surface area contributed by atoms with Gasteiger partial charge in [-0.25, -0.2) is 8.42 Å². The molecule has 0 aliphatic heterocycles. The molecule has 0 atom stereocenters. The van der Waals surface area contributed by atoms with Gasteiger partial charge in [0, 0.05) is 32.1 Å². The fourth-order valence-corrected chi connectivity index (χ4v) is 3.81. The molecule has 0 spiro atoms. The van der Waals surface area contributed by atoms with Crippen molar-refractivity contribution < 1.29 is 22.7 Å². The summed E-state index contributed by atoms with van der Waals surface area (Å²) < 4.78 is 35.2. The molecule has 0 aliphatic rings. The van der Waals surface area contributed by atoms with E-state index in [9.17, 15) is 13.2 Å². The number of nitrogens with two attached hydrogens (primary N) is 2. The number of ether oxygens (including phenoxy) is 2. The first kappa shape index (κ1) is 27.4. The first-order valence-corrected chi connectivity index (χ1v) is 11.6. The molecule has 0 bridgehead atoms. The lowest BCUT2D eigenvalue weighted by Crippen LogP contribution is -2.24. The molecule has 2 aromatic rings. The number of carbonyl (C=O) groups is 1. The third-order valence-corrected chi connectivity index (χ3v) is 6.33. The van der Waals surface area contributed by atoms with Crippen molar-refractivity contribution in [3.63, 3.8) is 0 Å². The van der Waals surface area contributed by atoms with Crippen molar-refractivity contribution in [3.05, 3.63) is 48.0 Å². The number of sulfone groups is 1. The first-order valence-electron chi connectivity index (χ1n) is 9.97. The molecule has 0 heterocycles. The normalized spacial score (nSPS) is 10.8. The minimum absolute atomic E-state index is 0. The summed E-state index contributed by atoms with van der Waals surface area (Å²) in [5, 5.41) is 0. The monoisotopic (exact) mass is 483 g/mol. The minimum atomic E-state index is -3.26. The molecule has 0 aliphatic carbocycles. The molecule has 0 fully saturated rings. The fourth-order valence-electron chi connectivity index (χ4n) is 2.93. The van der Waals surface area contributed by atoms with Crippen LogP contribution in [0.15, 0.2) is 52.4 Å². The number of nitrogens with zero attached hydrogens (tertiary/aromatic N) is 1. The average molecular weight is 484 g/mol. The first-order chi connectivity index (χ1) is 14.8. The highest BCUT2D eigenvalue weighted by atomic mass is 35.5. The number of hydrogen-bond donors (Lipinski definition) is 2. The second kappa shape index (κ2) is 13.0. The van der Waals surface area contributed by atoms with Gasteiger partial charge >= 0.3 is 0 Å². The summed E-state index contributed by atoms with van der Waals surface area (Å²) in [5.74, 6) is 0.0532. The third-order valence-electron chi connectivity index (χ3n) is 4.58. The van der Waals surface area contributed by atoms with Crippen molar-refractivity contribution in [1.82, 2.24) is 0 Å². The van der Waals surface area contributed by atoms with Crippen LogP contribution >= 0.6 is 12.4 Å². The number of amides is 1. The summed E-state index contributed by atoms with van der Waals surface area (Å²) >= 11 is 0. The van der Waals surface area contributed by atoms with E-state index in [0.29, 0.717) is 25.4 Å². The molecular weight excluding hydrogens is 454 g/mol. The van der Waals surface area contributed by atoms with Gasteiger partial charge in [-0.15, -0.1) is 12.4 Å². The van der Waals surface area contributed by atoms with Gasteiger partial charge in [0.25, 0.3) is 0 Å². The summed E-state index contributed by atoms with van der Waals surface area (Å²) in [7, 11) is -1.63. The van der Waals surface area contributed by atoms with Gasteiger partial charge in [-0.3, -0.25) is 4.79 Å². The quantitative estimate of drug-likeness (QED) is 0.285. The zero-order valence-corrected chi connectivity index (χ0v) is 19.9. The Bertz CT molecular complexity index is 1020. The Hall–Kier alpha value is -2.62. The summed E-state index contributed by atoms with van der Waals surface area (Å²) in [6.45, 7) is 2.65. The number of carbonyl (C=O) groups excluding carboxylic acids is 1. The van der Waals surface area contributed by atoms with E-state index in [1.54, 1.807) is 38.3 Å².